The van der Waals surface area contributed by atoms with Crippen LogP contribution in [0.3, 0.4) is 0 Å². The van der Waals surface area contributed by atoms with E-state index in [1.165, 1.54) is 0 Å². The normalized spacial score (nSPS) is 16.5. The number of likely N-dealkylation sites (tertiary alicyclic amines) is 1. The fourth-order valence-corrected chi connectivity index (χ4v) is 4.37. The minimum atomic E-state index is -0.0831. The molecule has 6 heteroatoms. The van der Waals surface area contributed by atoms with Crippen molar-refractivity contribution in [2.75, 3.05) is 25.5 Å². The maximum absolute atomic E-state index is 13.1. The predicted molar refractivity (Wildman–Crippen MR) is 128 cm³/mol. The second-order valence-electron chi connectivity index (χ2n) is 8.12. The van der Waals surface area contributed by atoms with Gasteiger partial charge >= 0.3 is 0 Å². The molecule has 1 amide bonds. The molecule has 1 saturated heterocycles. The number of ether oxygens (including phenoxy) is 1. The van der Waals surface area contributed by atoms with Crippen LogP contribution in [0.1, 0.15) is 18.4 Å². The number of phenolic OH excluding ortho intramolecular Hbond substituents is 1. The smallest absolute Gasteiger partial charge is 0.228 e. The summed E-state index contributed by atoms with van der Waals surface area (Å²) in [6, 6.07) is 21.0. The molecule has 0 spiro atoms. The third-order valence-electron chi connectivity index (χ3n) is 5.88. The second kappa shape index (κ2) is 10.1. The SMILES string of the molecule is COc1ccc(-c2ccccc2NC(=O)C2CCCN(Cc3ccc(O)c(Cl)c3)C2)cc1. The first-order valence-electron chi connectivity index (χ1n) is 10.8. The Morgan fingerprint density at radius 3 is 2.69 bits per heavy atom. The average Bonchev–Trinajstić information content (AvgIpc) is 2.82. The number of nitrogens with zero attached hydrogens (tertiary/aromatic N) is 1. The largest absolute Gasteiger partial charge is 0.506 e. The van der Waals surface area contributed by atoms with E-state index in [4.69, 9.17) is 16.3 Å². The van der Waals surface area contributed by atoms with Gasteiger partial charge in [0, 0.05) is 24.3 Å². The Labute approximate surface area is 193 Å². The van der Waals surface area contributed by atoms with Crippen molar-refractivity contribution < 1.29 is 14.6 Å². The number of nitrogens with one attached hydrogen (secondary N) is 1. The number of methoxy groups -OCH3 is 1. The highest BCUT2D eigenvalue weighted by molar-refractivity contribution is 6.32. The summed E-state index contributed by atoms with van der Waals surface area (Å²) in [6.07, 6.45) is 1.83. The van der Waals surface area contributed by atoms with E-state index in [-0.39, 0.29) is 17.6 Å². The molecule has 1 aliphatic heterocycles. The van der Waals surface area contributed by atoms with Crippen molar-refractivity contribution in [1.82, 2.24) is 4.90 Å². The van der Waals surface area contributed by atoms with Gasteiger partial charge in [0.05, 0.1) is 18.1 Å². The molecule has 5 nitrogen and oxygen atoms in total. The fourth-order valence-electron chi connectivity index (χ4n) is 4.17. The van der Waals surface area contributed by atoms with E-state index in [2.05, 4.69) is 10.2 Å². The molecule has 3 aromatic rings. The lowest BCUT2D eigenvalue weighted by atomic mass is 9.96. The number of phenols is 1. The van der Waals surface area contributed by atoms with Gasteiger partial charge in [0.2, 0.25) is 5.91 Å². The van der Waals surface area contributed by atoms with Crippen molar-refractivity contribution >= 4 is 23.2 Å². The van der Waals surface area contributed by atoms with Crippen LogP contribution in [-0.2, 0) is 11.3 Å². The Hall–Kier alpha value is -3.02. The van der Waals surface area contributed by atoms with Gasteiger partial charge in [-0.25, -0.2) is 0 Å². The van der Waals surface area contributed by atoms with Gasteiger partial charge in [-0.15, -0.1) is 0 Å². The molecule has 4 rings (SSSR count). The number of amides is 1. The standard InChI is InChI=1S/C26H27ClN2O3/c1-32-21-11-9-19(10-12-21)22-6-2-3-7-24(22)28-26(31)20-5-4-14-29(17-20)16-18-8-13-25(30)23(27)15-18/h2-3,6-13,15,20,30H,4-5,14,16-17H2,1H3,(H,28,31). The summed E-state index contributed by atoms with van der Waals surface area (Å²) in [5.74, 6) is 0.842. The molecule has 166 valence electrons. The van der Waals surface area contributed by atoms with Crippen molar-refractivity contribution in [2.24, 2.45) is 5.92 Å². The highest BCUT2D eigenvalue weighted by atomic mass is 35.5. The van der Waals surface area contributed by atoms with Crippen molar-refractivity contribution in [2.45, 2.75) is 19.4 Å². The van der Waals surface area contributed by atoms with Crippen molar-refractivity contribution in [3.63, 3.8) is 0 Å². The van der Waals surface area contributed by atoms with Gasteiger partial charge in [0.25, 0.3) is 0 Å². The number of piperidine rings is 1. The summed E-state index contributed by atoms with van der Waals surface area (Å²) < 4.78 is 5.25. The summed E-state index contributed by atoms with van der Waals surface area (Å²) in [5.41, 5.74) is 3.84. The first-order valence-corrected chi connectivity index (χ1v) is 11.2. The van der Waals surface area contributed by atoms with E-state index in [1.54, 1.807) is 19.2 Å². The maximum Gasteiger partial charge on any atom is 0.228 e. The number of halogens is 1. The number of hydrogen-bond donors (Lipinski definition) is 2. The number of para-hydroxylation sites is 1. The molecule has 1 heterocycles. The Morgan fingerprint density at radius 2 is 1.94 bits per heavy atom. The zero-order valence-corrected chi connectivity index (χ0v) is 18.8. The van der Waals surface area contributed by atoms with E-state index in [0.29, 0.717) is 18.1 Å². The Bertz CT molecular complexity index is 1080. The van der Waals surface area contributed by atoms with Crippen LogP contribution in [0.4, 0.5) is 5.69 Å². The molecule has 0 aliphatic carbocycles. The first-order chi connectivity index (χ1) is 15.5. The van der Waals surface area contributed by atoms with Crippen LogP contribution in [0.2, 0.25) is 5.02 Å². The van der Waals surface area contributed by atoms with Gasteiger partial charge in [-0.05, 0) is 60.8 Å². The van der Waals surface area contributed by atoms with E-state index in [1.807, 2.05) is 54.6 Å². The Balaban J connectivity index is 1.44. The molecular weight excluding hydrogens is 424 g/mol. The molecule has 0 aromatic heterocycles. The van der Waals surface area contributed by atoms with E-state index in [0.717, 1.165) is 47.5 Å². The van der Waals surface area contributed by atoms with Gasteiger partial charge in [-0.2, -0.15) is 0 Å². The summed E-state index contributed by atoms with van der Waals surface area (Å²) in [5, 5.41) is 13.1. The van der Waals surface area contributed by atoms with E-state index in [9.17, 15) is 9.90 Å². The monoisotopic (exact) mass is 450 g/mol. The zero-order valence-electron chi connectivity index (χ0n) is 18.1. The van der Waals surface area contributed by atoms with Gasteiger partial charge in [-0.1, -0.05) is 48.0 Å². The lowest BCUT2D eigenvalue weighted by molar-refractivity contribution is -0.121. The highest BCUT2D eigenvalue weighted by Crippen LogP contribution is 2.31. The maximum atomic E-state index is 13.1. The van der Waals surface area contributed by atoms with Crippen LogP contribution in [-0.4, -0.2) is 36.1 Å². The number of rotatable bonds is 6. The van der Waals surface area contributed by atoms with Crippen LogP contribution < -0.4 is 10.1 Å². The fraction of sp³-hybridized carbons (Fsp3) is 0.269. The van der Waals surface area contributed by atoms with Crippen LogP contribution in [0.25, 0.3) is 11.1 Å². The van der Waals surface area contributed by atoms with E-state index >= 15 is 0 Å². The first kappa shape index (κ1) is 22.2. The summed E-state index contributed by atoms with van der Waals surface area (Å²) in [7, 11) is 1.65. The van der Waals surface area contributed by atoms with Crippen molar-refractivity contribution in [3.8, 4) is 22.6 Å². The number of aromatic hydroxyl groups is 1. The lowest BCUT2D eigenvalue weighted by Gasteiger charge is -2.32. The number of carbonyl (C=O) groups excluding carboxylic acids is 1. The third-order valence-corrected chi connectivity index (χ3v) is 6.18. The number of carbonyl (C=O) groups is 1. The summed E-state index contributed by atoms with van der Waals surface area (Å²) in [4.78, 5) is 15.4. The third kappa shape index (κ3) is 5.23. The number of hydrogen-bond acceptors (Lipinski definition) is 4. The molecule has 32 heavy (non-hydrogen) atoms. The molecule has 1 aliphatic rings. The number of anilines is 1. The van der Waals surface area contributed by atoms with Gasteiger partial charge in [0.15, 0.2) is 0 Å². The second-order valence-corrected chi connectivity index (χ2v) is 8.53. The van der Waals surface area contributed by atoms with Gasteiger partial charge in [-0.3, -0.25) is 9.69 Å². The molecular formula is C26H27ClN2O3. The van der Waals surface area contributed by atoms with Crippen LogP contribution in [0, 0.1) is 5.92 Å². The molecule has 1 fully saturated rings. The van der Waals surface area contributed by atoms with Crippen LogP contribution in [0.5, 0.6) is 11.5 Å². The average molecular weight is 451 g/mol. The van der Waals surface area contributed by atoms with Crippen LogP contribution >= 0.6 is 11.6 Å². The minimum Gasteiger partial charge on any atom is -0.506 e. The zero-order chi connectivity index (χ0) is 22.5. The molecule has 1 unspecified atom stereocenters. The molecule has 0 bridgehead atoms. The number of benzene rings is 3. The molecule has 0 saturated carbocycles. The lowest BCUT2D eigenvalue weighted by Crippen LogP contribution is -2.40. The van der Waals surface area contributed by atoms with Crippen LogP contribution in [0.15, 0.2) is 66.7 Å². The molecule has 2 N–H and O–H groups in total. The highest BCUT2D eigenvalue weighted by Gasteiger charge is 2.26. The van der Waals surface area contributed by atoms with Gasteiger partial charge < -0.3 is 15.2 Å². The van der Waals surface area contributed by atoms with Crippen molar-refractivity contribution in [3.05, 3.63) is 77.3 Å². The Kier molecular flexibility index (Phi) is 6.98. The minimum absolute atomic E-state index is 0.0411. The molecule has 3 aromatic carbocycles. The molecule has 0 radical (unpaired) electrons. The van der Waals surface area contributed by atoms with E-state index < -0.39 is 0 Å². The van der Waals surface area contributed by atoms with Crippen molar-refractivity contribution in [1.29, 1.82) is 0 Å². The summed E-state index contributed by atoms with van der Waals surface area (Å²) in [6.45, 7) is 2.33. The summed E-state index contributed by atoms with van der Waals surface area (Å²) >= 11 is 6.04. The quantitative estimate of drug-likeness (QED) is 0.515. The molecule has 1 atom stereocenters. The predicted octanol–water partition coefficient (Wildman–Crippen LogP) is 5.57. The Morgan fingerprint density at radius 1 is 1.16 bits per heavy atom. The van der Waals surface area contributed by atoms with Gasteiger partial charge in [0.1, 0.15) is 11.5 Å². The topological polar surface area (TPSA) is 61.8 Å².